The molecule has 1 amide bonds. The van der Waals surface area contributed by atoms with Gasteiger partial charge in [-0.05, 0) is 79.9 Å². The first-order chi connectivity index (χ1) is 16.2. The number of ether oxygens (including phenoxy) is 1. The van der Waals surface area contributed by atoms with Gasteiger partial charge in [0.1, 0.15) is 17.3 Å². The van der Waals surface area contributed by atoms with Crippen LogP contribution >= 0.6 is 11.6 Å². The predicted octanol–water partition coefficient (Wildman–Crippen LogP) is 6.12. The monoisotopic (exact) mass is 479 g/mol. The van der Waals surface area contributed by atoms with Crippen LogP contribution in [0.15, 0.2) is 66.2 Å². The zero-order valence-electron chi connectivity index (χ0n) is 18.9. The number of anilines is 1. The molecule has 4 rings (SSSR count). The number of nitrogens with zero attached hydrogens (tertiary/aromatic N) is 1. The Balaban J connectivity index is 1.96. The van der Waals surface area contributed by atoms with Gasteiger partial charge in [0, 0.05) is 11.3 Å². The summed E-state index contributed by atoms with van der Waals surface area (Å²) in [4.78, 5) is 27.9. The lowest BCUT2D eigenvalue weighted by Crippen LogP contribution is -2.29. The largest absolute Gasteiger partial charge is 0.507 e. The fourth-order valence-electron chi connectivity index (χ4n) is 4.02. The number of carbonyl (C=O) groups excluding carboxylic acids is 2. The average molecular weight is 480 g/mol. The zero-order chi connectivity index (χ0) is 24.6. The standard InChI is InChI=1S/C27H23ClFNO4/c1-4-34-20-11-12-22(28)21(14-20)25(31)23-24(17-6-8-18(29)9-7-17)30(27(33)26(23)32)19-10-5-15(2)16(3)13-19/h5-14,24,31H,4H2,1-3H3/b25-23+. The smallest absolute Gasteiger partial charge is 0.300 e. The summed E-state index contributed by atoms with van der Waals surface area (Å²) in [5, 5.41) is 11.5. The van der Waals surface area contributed by atoms with Crippen molar-refractivity contribution in [3.05, 3.63) is 99.3 Å². The van der Waals surface area contributed by atoms with E-state index in [1.54, 1.807) is 24.3 Å². The molecule has 0 radical (unpaired) electrons. The van der Waals surface area contributed by atoms with Crippen molar-refractivity contribution in [3.8, 4) is 5.75 Å². The van der Waals surface area contributed by atoms with Gasteiger partial charge in [-0.3, -0.25) is 14.5 Å². The number of aryl methyl sites for hydroxylation is 2. The number of ketones is 1. The van der Waals surface area contributed by atoms with E-state index in [4.69, 9.17) is 16.3 Å². The van der Waals surface area contributed by atoms with Gasteiger partial charge in [-0.15, -0.1) is 0 Å². The molecule has 1 N–H and O–H groups in total. The zero-order valence-corrected chi connectivity index (χ0v) is 19.7. The second kappa shape index (κ2) is 9.31. The molecule has 3 aromatic rings. The maximum atomic E-state index is 13.7. The summed E-state index contributed by atoms with van der Waals surface area (Å²) in [6, 6.07) is 14.6. The molecule has 34 heavy (non-hydrogen) atoms. The summed E-state index contributed by atoms with van der Waals surface area (Å²) < 4.78 is 19.2. The highest BCUT2D eigenvalue weighted by molar-refractivity contribution is 6.52. The maximum absolute atomic E-state index is 13.7. The van der Waals surface area contributed by atoms with Gasteiger partial charge in [0.15, 0.2) is 0 Å². The van der Waals surface area contributed by atoms with E-state index >= 15 is 0 Å². The van der Waals surface area contributed by atoms with Crippen LogP contribution in [0.25, 0.3) is 5.76 Å². The third-order valence-corrected chi connectivity index (χ3v) is 6.23. The Hall–Kier alpha value is -3.64. The molecule has 5 nitrogen and oxygen atoms in total. The number of Topliss-reactive ketones (excluding diaryl/α,β-unsaturated/α-hetero) is 1. The number of hydrogen-bond acceptors (Lipinski definition) is 4. The van der Waals surface area contributed by atoms with Crippen LogP contribution in [0.3, 0.4) is 0 Å². The first-order valence-corrected chi connectivity index (χ1v) is 11.2. The van der Waals surface area contributed by atoms with Crippen LogP contribution in [0.4, 0.5) is 10.1 Å². The molecule has 1 saturated heterocycles. The first kappa shape index (κ1) is 23.5. The Labute approximate surface area is 202 Å². The molecule has 0 saturated carbocycles. The van der Waals surface area contributed by atoms with E-state index in [2.05, 4.69) is 0 Å². The molecular weight excluding hydrogens is 457 g/mol. The van der Waals surface area contributed by atoms with E-state index in [-0.39, 0.29) is 16.2 Å². The molecule has 1 heterocycles. The third kappa shape index (κ3) is 4.17. The Kier molecular flexibility index (Phi) is 6.44. The van der Waals surface area contributed by atoms with Crippen molar-refractivity contribution in [3.63, 3.8) is 0 Å². The van der Waals surface area contributed by atoms with Crippen LogP contribution in [0.5, 0.6) is 5.75 Å². The van der Waals surface area contributed by atoms with Gasteiger partial charge < -0.3 is 9.84 Å². The third-order valence-electron chi connectivity index (χ3n) is 5.90. The van der Waals surface area contributed by atoms with Gasteiger partial charge in [0.2, 0.25) is 0 Å². The molecule has 0 bridgehead atoms. The Morgan fingerprint density at radius 2 is 1.74 bits per heavy atom. The lowest BCUT2D eigenvalue weighted by atomic mass is 9.95. The molecule has 1 fully saturated rings. The molecule has 0 aliphatic carbocycles. The summed E-state index contributed by atoms with van der Waals surface area (Å²) in [6.45, 7) is 6.06. The second-order valence-electron chi connectivity index (χ2n) is 8.06. The van der Waals surface area contributed by atoms with E-state index in [9.17, 15) is 19.1 Å². The van der Waals surface area contributed by atoms with Gasteiger partial charge in [0.05, 0.1) is 23.2 Å². The lowest BCUT2D eigenvalue weighted by molar-refractivity contribution is -0.132. The number of hydrogen-bond donors (Lipinski definition) is 1. The highest BCUT2D eigenvalue weighted by Crippen LogP contribution is 2.43. The summed E-state index contributed by atoms with van der Waals surface area (Å²) in [5.41, 5.74) is 2.95. The van der Waals surface area contributed by atoms with Crippen molar-refractivity contribution in [1.82, 2.24) is 0 Å². The Bertz CT molecular complexity index is 1320. The summed E-state index contributed by atoms with van der Waals surface area (Å²) >= 11 is 6.35. The summed E-state index contributed by atoms with van der Waals surface area (Å²) in [6.07, 6.45) is 0. The fraction of sp³-hybridized carbons (Fsp3) is 0.185. The summed E-state index contributed by atoms with van der Waals surface area (Å²) in [5.74, 6) is -2.08. The minimum absolute atomic E-state index is 0.134. The van der Waals surface area contributed by atoms with Crippen LogP contribution in [0, 0.1) is 19.7 Å². The molecule has 1 atom stereocenters. The van der Waals surface area contributed by atoms with Crippen molar-refractivity contribution >= 4 is 34.7 Å². The van der Waals surface area contributed by atoms with Crippen LogP contribution in [0.2, 0.25) is 5.02 Å². The van der Waals surface area contributed by atoms with E-state index in [1.165, 1.54) is 35.2 Å². The molecule has 1 aliphatic heterocycles. The topological polar surface area (TPSA) is 66.8 Å². The quantitative estimate of drug-likeness (QED) is 0.272. The molecule has 1 unspecified atom stereocenters. The number of rotatable bonds is 5. The highest BCUT2D eigenvalue weighted by atomic mass is 35.5. The Morgan fingerprint density at radius 1 is 1.03 bits per heavy atom. The van der Waals surface area contributed by atoms with Gasteiger partial charge in [-0.2, -0.15) is 0 Å². The molecule has 0 aromatic heterocycles. The van der Waals surface area contributed by atoms with E-state index in [0.717, 1.165) is 11.1 Å². The number of carbonyl (C=O) groups is 2. The molecule has 0 spiro atoms. The van der Waals surface area contributed by atoms with Gasteiger partial charge in [-0.25, -0.2) is 4.39 Å². The number of aliphatic hydroxyl groups is 1. The number of halogens is 2. The van der Waals surface area contributed by atoms with Crippen molar-refractivity contribution in [2.24, 2.45) is 0 Å². The lowest BCUT2D eigenvalue weighted by Gasteiger charge is -2.26. The molecular formula is C27H23ClFNO4. The normalized spacial score (nSPS) is 17.3. The van der Waals surface area contributed by atoms with E-state index in [1.807, 2.05) is 26.8 Å². The molecule has 3 aromatic carbocycles. The highest BCUT2D eigenvalue weighted by Gasteiger charge is 2.47. The van der Waals surface area contributed by atoms with E-state index < -0.39 is 29.3 Å². The van der Waals surface area contributed by atoms with Crippen molar-refractivity contribution in [1.29, 1.82) is 0 Å². The van der Waals surface area contributed by atoms with Crippen LogP contribution in [-0.2, 0) is 9.59 Å². The SMILES string of the molecule is CCOc1ccc(Cl)c(/C(O)=C2\C(=O)C(=O)N(c3ccc(C)c(C)c3)C2c2ccc(F)cc2)c1. The number of aliphatic hydroxyl groups excluding tert-OH is 1. The predicted molar refractivity (Wildman–Crippen MR) is 130 cm³/mol. The molecule has 174 valence electrons. The van der Waals surface area contributed by atoms with E-state index in [0.29, 0.717) is 23.6 Å². The molecule has 7 heteroatoms. The number of amides is 1. The summed E-state index contributed by atoms with van der Waals surface area (Å²) in [7, 11) is 0. The van der Waals surface area contributed by atoms with Crippen molar-refractivity contribution < 1.29 is 23.8 Å². The average Bonchev–Trinajstić information content (AvgIpc) is 3.08. The van der Waals surface area contributed by atoms with Gasteiger partial charge in [-0.1, -0.05) is 29.8 Å². The fourth-order valence-corrected chi connectivity index (χ4v) is 4.23. The van der Waals surface area contributed by atoms with Crippen LogP contribution < -0.4 is 9.64 Å². The number of benzene rings is 3. The van der Waals surface area contributed by atoms with Gasteiger partial charge in [0.25, 0.3) is 11.7 Å². The van der Waals surface area contributed by atoms with Crippen molar-refractivity contribution in [2.75, 3.05) is 11.5 Å². The Morgan fingerprint density at radius 3 is 2.38 bits per heavy atom. The second-order valence-corrected chi connectivity index (χ2v) is 8.47. The first-order valence-electron chi connectivity index (χ1n) is 10.8. The maximum Gasteiger partial charge on any atom is 0.300 e. The van der Waals surface area contributed by atoms with Gasteiger partial charge >= 0.3 is 0 Å². The molecule has 1 aliphatic rings. The van der Waals surface area contributed by atoms with Crippen LogP contribution in [0.1, 0.15) is 35.2 Å². The minimum Gasteiger partial charge on any atom is -0.507 e. The minimum atomic E-state index is -0.977. The van der Waals surface area contributed by atoms with Crippen LogP contribution in [-0.4, -0.2) is 23.4 Å². The van der Waals surface area contributed by atoms with Crippen molar-refractivity contribution in [2.45, 2.75) is 26.8 Å².